The summed E-state index contributed by atoms with van der Waals surface area (Å²) in [6.45, 7) is 4.50. The smallest absolute Gasteiger partial charge is 0.246 e. The van der Waals surface area contributed by atoms with Gasteiger partial charge in [0.25, 0.3) is 0 Å². The molecule has 0 amide bonds. The molecule has 8 nitrogen and oxygen atoms in total. The molecule has 0 aromatic carbocycles. The predicted octanol–water partition coefficient (Wildman–Crippen LogP) is 2.47. The fraction of sp³-hybridized carbons (Fsp3) is 0.389. The van der Waals surface area contributed by atoms with E-state index in [1.165, 1.54) is 12.8 Å². The number of aryl methyl sites for hydroxylation is 1. The summed E-state index contributed by atoms with van der Waals surface area (Å²) in [4.78, 5) is 22.1. The number of rotatable bonds is 5. The van der Waals surface area contributed by atoms with Crippen LogP contribution in [0.2, 0.25) is 0 Å². The Morgan fingerprint density at radius 2 is 2.04 bits per heavy atom. The quantitative estimate of drug-likeness (QED) is 0.693. The monoisotopic (exact) mass is 351 g/mol. The molecule has 0 unspecified atom stereocenters. The van der Waals surface area contributed by atoms with Crippen molar-refractivity contribution in [3.63, 3.8) is 0 Å². The van der Waals surface area contributed by atoms with Gasteiger partial charge < -0.3 is 14.3 Å². The van der Waals surface area contributed by atoms with Crippen LogP contribution in [0.15, 0.2) is 35.1 Å². The van der Waals surface area contributed by atoms with Crippen LogP contribution in [-0.2, 0) is 6.54 Å². The molecular weight excluding hydrogens is 330 g/mol. The van der Waals surface area contributed by atoms with E-state index < -0.39 is 0 Å². The molecule has 1 aliphatic heterocycles. The van der Waals surface area contributed by atoms with Gasteiger partial charge in [0.15, 0.2) is 0 Å². The van der Waals surface area contributed by atoms with E-state index >= 15 is 0 Å². The van der Waals surface area contributed by atoms with Gasteiger partial charge in [0, 0.05) is 49.9 Å². The average Bonchev–Trinajstić information content (AvgIpc) is 3.34. The van der Waals surface area contributed by atoms with Gasteiger partial charge in [-0.05, 0) is 31.9 Å². The van der Waals surface area contributed by atoms with Gasteiger partial charge in [-0.2, -0.15) is 9.97 Å². The molecule has 8 heteroatoms. The Balaban J connectivity index is 1.51. The van der Waals surface area contributed by atoms with E-state index in [1.54, 1.807) is 12.4 Å². The van der Waals surface area contributed by atoms with Crippen molar-refractivity contribution in [2.45, 2.75) is 26.3 Å². The Kier molecular flexibility index (Phi) is 4.47. The van der Waals surface area contributed by atoms with Gasteiger partial charge in [-0.3, -0.25) is 4.98 Å². The third-order valence-corrected chi connectivity index (χ3v) is 4.37. The van der Waals surface area contributed by atoms with E-state index in [-0.39, 0.29) is 0 Å². The fourth-order valence-electron chi connectivity index (χ4n) is 3.01. The average molecular weight is 351 g/mol. The highest BCUT2D eigenvalue weighted by Gasteiger charge is 2.18. The molecule has 26 heavy (non-hydrogen) atoms. The van der Waals surface area contributed by atoms with Crippen LogP contribution >= 0.6 is 0 Å². The molecule has 1 fully saturated rings. The lowest BCUT2D eigenvalue weighted by molar-refractivity contribution is 0.378. The first-order chi connectivity index (χ1) is 12.7. The van der Waals surface area contributed by atoms with Crippen molar-refractivity contribution < 1.29 is 4.52 Å². The number of pyridine rings is 1. The van der Waals surface area contributed by atoms with Crippen LogP contribution in [-0.4, -0.2) is 45.2 Å². The van der Waals surface area contributed by atoms with E-state index in [0.717, 1.165) is 36.1 Å². The molecule has 1 aliphatic rings. The molecule has 4 rings (SSSR count). The van der Waals surface area contributed by atoms with E-state index in [4.69, 9.17) is 9.51 Å². The SMILES string of the molecule is Cc1cc(N(C)Cc2nc(-c3cccnc3)no2)nc(N2CCCC2)n1. The van der Waals surface area contributed by atoms with Gasteiger partial charge in [-0.1, -0.05) is 5.16 Å². The minimum atomic E-state index is 0.475. The third kappa shape index (κ3) is 3.49. The summed E-state index contributed by atoms with van der Waals surface area (Å²) in [7, 11) is 1.96. The molecule has 1 saturated heterocycles. The van der Waals surface area contributed by atoms with E-state index in [0.29, 0.717) is 18.3 Å². The van der Waals surface area contributed by atoms with E-state index in [2.05, 4.69) is 25.0 Å². The molecule has 3 aromatic rings. The first-order valence-corrected chi connectivity index (χ1v) is 8.74. The van der Waals surface area contributed by atoms with Crippen molar-refractivity contribution in [2.75, 3.05) is 29.9 Å². The largest absolute Gasteiger partial charge is 0.350 e. The summed E-state index contributed by atoms with van der Waals surface area (Å²) in [6.07, 6.45) is 5.82. The summed E-state index contributed by atoms with van der Waals surface area (Å²) in [6, 6.07) is 5.72. The predicted molar refractivity (Wildman–Crippen MR) is 97.9 cm³/mol. The topological polar surface area (TPSA) is 84.1 Å². The Morgan fingerprint density at radius 1 is 1.19 bits per heavy atom. The van der Waals surface area contributed by atoms with Crippen LogP contribution in [0.1, 0.15) is 24.4 Å². The van der Waals surface area contributed by atoms with Gasteiger partial charge in [-0.25, -0.2) is 4.98 Å². The fourth-order valence-corrected chi connectivity index (χ4v) is 3.01. The molecule has 134 valence electrons. The van der Waals surface area contributed by atoms with Crippen molar-refractivity contribution in [3.05, 3.63) is 42.2 Å². The summed E-state index contributed by atoms with van der Waals surface area (Å²) < 4.78 is 5.39. The molecule has 0 N–H and O–H groups in total. The molecule has 0 bridgehead atoms. The van der Waals surface area contributed by atoms with Gasteiger partial charge in [0.1, 0.15) is 5.82 Å². The maximum absolute atomic E-state index is 5.39. The molecule has 0 saturated carbocycles. The van der Waals surface area contributed by atoms with E-state index in [9.17, 15) is 0 Å². The maximum atomic E-state index is 5.39. The van der Waals surface area contributed by atoms with Crippen molar-refractivity contribution in [3.8, 4) is 11.4 Å². The molecular formula is C18H21N7O. The van der Waals surface area contributed by atoms with Crippen LogP contribution in [0.3, 0.4) is 0 Å². The van der Waals surface area contributed by atoms with Crippen molar-refractivity contribution in [1.29, 1.82) is 0 Å². The Morgan fingerprint density at radius 3 is 2.81 bits per heavy atom. The Hall–Kier alpha value is -3.03. The second-order valence-electron chi connectivity index (χ2n) is 6.47. The normalized spacial score (nSPS) is 14.0. The highest BCUT2D eigenvalue weighted by molar-refractivity contribution is 5.52. The van der Waals surface area contributed by atoms with Gasteiger partial charge >= 0.3 is 0 Å². The van der Waals surface area contributed by atoms with E-state index in [1.807, 2.05) is 37.1 Å². The molecule has 4 heterocycles. The standard InChI is InChI=1S/C18H21N7O/c1-13-10-15(21-18(20-13)25-8-3-4-9-25)24(2)12-16-22-17(23-26-16)14-6-5-7-19-11-14/h5-7,10-11H,3-4,8-9,12H2,1-2H3. The number of aromatic nitrogens is 5. The van der Waals surface area contributed by atoms with Gasteiger partial charge in [0.2, 0.25) is 17.7 Å². The summed E-state index contributed by atoms with van der Waals surface area (Å²) in [5, 5.41) is 4.04. The molecule has 0 atom stereocenters. The second-order valence-corrected chi connectivity index (χ2v) is 6.47. The van der Waals surface area contributed by atoms with Crippen molar-refractivity contribution in [2.24, 2.45) is 0 Å². The zero-order chi connectivity index (χ0) is 17.9. The van der Waals surface area contributed by atoms with Crippen LogP contribution in [0.25, 0.3) is 11.4 Å². The first-order valence-electron chi connectivity index (χ1n) is 8.74. The van der Waals surface area contributed by atoms with Crippen LogP contribution in [0.4, 0.5) is 11.8 Å². The van der Waals surface area contributed by atoms with Gasteiger partial charge in [0.05, 0.1) is 6.54 Å². The van der Waals surface area contributed by atoms with Gasteiger partial charge in [-0.15, -0.1) is 0 Å². The second kappa shape index (κ2) is 7.07. The lowest BCUT2D eigenvalue weighted by Crippen LogP contribution is -2.24. The Bertz CT molecular complexity index is 874. The van der Waals surface area contributed by atoms with Crippen molar-refractivity contribution >= 4 is 11.8 Å². The molecule has 0 radical (unpaired) electrons. The third-order valence-electron chi connectivity index (χ3n) is 4.37. The zero-order valence-electron chi connectivity index (χ0n) is 15.0. The molecule has 3 aromatic heterocycles. The lowest BCUT2D eigenvalue weighted by atomic mass is 10.3. The van der Waals surface area contributed by atoms with Crippen LogP contribution < -0.4 is 9.80 Å². The number of hydrogen-bond donors (Lipinski definition) is 0. The zero-order valence-corrected chi connectivity index (χ0v) is 15.0. The Labute approximate surface area is 151 Å². The molecule has 0 aliphatic carbocycles. The van der Waals surface area contributed by atoms with Crippen molar-refractivity contribution in [1.82, 2.24) is 25.1 Å². The summed E-state index contributed by atoms with van der Waals surface area (Å²) in [5.41, 5.74) is 1.78. The molecule has 0 spiro atoms. The lowest BCUT2D eigenvalue weighted by Gasteiger charge is -2.20. The van der Waals surface area contributed by atoms with Crippen LogP contribution in [0, 0.1) is 6.92 Å². The minimum absolute atomic E-state index is 0.475. The summed E-state index contributed by atoms with van der Waals surface area (Å²) >= 11 is 0. The number of nitrogens with zero attached hydrogens (tertiary/aromatic N) is 7. The number of hydrogen-bond acceptors (Lipinski definition) is 8. The first kappa shape index (κ1) is 16.4. The highest BCUT2D eigenvalue weighted by Crippen LogP contribution is 2.21. The minimum Gasteiger partial charge on any atom is -0.350 e. The maximum Gasteiger partial charge on any atom is 0.246 e. The summed E-state index contributed by atoms with van der Waals surface area (Å²) in [5.74, 6) is 2.72. The van der Waals surface area contributed by atoms with Crippen LogP contribution in [0.5, 0.6) is 0 Å². The highest BCUT2D eigenvalue weighted by atomic mass is 16.5. The number of anilines is 2.